The standard InChI is InChI=1S/C24H25NO4/c26-23(27)11-14-9-15-12-22(20(15)10-14)25-24(28)29-13-21-18-7-3-1-5-16(18)17-6-2-4-8-19(17)21/h1-8,14-15,20-22H,9-13H2,(H,25,28)(H,26,27). The summed E-state index contributed by atoms with van der Waals surface area (Å²) in [4.78, 5) is 23.4. The Morgan fingerprint density at radius 1 is 0.966 bits per heavy atom. The first-order valence-corrected chi connectivity index (χ1v) is 10.4. The second-order valence-electron chi connectivity index (χ2n) is 8.67. The number of fused-ring (bicyclic) bond motifs is 4. The lowest BCUT2D eigenvalue weighted by molar-refractivity contribution is -0.138. The molecular formula is C24H25NO4. The molecule has 0 aromatic heterocycles. The number of nitrogens with one attached hydrogen (secondary N) is 1. The van der Waals surface area contributed by atoms with Crippen molar-refractivity contribution in [2.75, 3.05) is 6.61 Å². The monoisotopic (exact) mass is 391 g/mol. The summed E-state index contributed by atoms with van der Waals surface area (Å²) >= 11 is 0. The second kappa shape index (κ2) is 7.21. The molecule has 2 aromatic carbocycles. The fourth-order valence-corrected chi connectivity index (χ4v) is 5.72. The van der Waals surface area contributed by atoms with Crippen LogP contribution in [0.15, 0.2) is 48.5 Å². The van der Waals surface area contributed by atoms with Gasteiger partial charge >= 0.3 is 12.1 Å². The molecule has 5 heteroatoms. The van der Waals surface area contributed by atoms with E-state index in [1.807, 2.05) is 24.3 Å². The minimum absolute atomic E-state index is 0.0636. The normalized spacial score (nSPS) is 26.8. The number of benzene rings is 2. The third kappa shape index (κ3) is 3.28. The summed E-state index contributed by atoms with van der Waals surface area (Å²) in [6, 6.07) is 16.7. The molecule has 0 heterocycles. The molecular weight excluding hydrogens is 366 g/mol. The van der Waals surface area contributed by atoms with Crippen molar-refractivity contribution in [2.45, 2.75) is 37.6 Å². The summed E-state index contributed by atoms with van der Waals surface area (Å²) in [5.41, 5.74) is 4.85. The highest BCUT2D eigenvalue weighted by atomic mass is 16.5. The van der Waals surface area contributed by atoms with Gasteiger partial charge in [0.2, 0.25) is 0 Å². The highest BCUT2D eigenvalue weighted by Crippen LogP contribution is 2.50. The molecule has 2 fully saturated rings. The van der Waals surface area contributed by atoms with E-state index < -0.39 is 5.97 Å². The minimum atomic E-state index is -0.725. The number of hydrogen-bond donors (Lipinski definition) is 2. The molecule has 1 amide bonds. The van der Waals surface area contributed by atoms with Gasteiger partial charge in [0.1, 0.15) is 6.61 Å². The van der Waals surface area contributed by atoms with Gasteiger partial charge in [-0.15, -0.1) is 0 Å². The molecule has 5 rings (SSSR count). The van der Waals surface area contributed by atoms with Crippen LogP contribution >= 0.6 is 0 Å². The van der Waals surface area contributed by atoms with Crippen molar-refractivity contribution in [1.29, 1.82) is 0 Å². The van der Waals surface area contributed by atoms with E-state index in [-0.39, 0.29) is 30.4 Å². The summed E-state index contributed by atoms with van der Waals surface area (Å²) in [7, 11) is 0. The number of carbonyl (C=O) groups is 2. The van der Waals surface area contributed by atoms with Gasteiger partial charge in [-0.3, -0.25) is 4.79 Å². The van der Waals surface area contributed by atoms with Crippen LogP contribution in [0.3, 0.4) is 0 Å². The smallest absolute Gasteiger partial charge is 0.407 e. The molecule has 3 aliphatic rings. The largest absolute Gasteiger partial charge is 0.481 e. The Hall–Kier alpha value is -2.82. The number of alkyl carbamates (subject to hydrolysis) is 1. The van der Waals surface area contributed by atoms with Crippen LogP contribution in [0, 0.1) is 17.8 Å². The molecule has 0 aliphatic heterocycles. The Morgan fingerprint density at radius 3 is 2.28 bits per heavy atom. The average Bonchev–Trinajstić information content (AvgIpc) is 3.19. The van der Waals surface area contributed by atoms with Crippen LogP contribution in [0.5, 0.6) is 0 Å². The number of aliphatic carboxylic acids is 1. The Morgan fingerprint density at radius 2 is 1.62 bits per heavy atom. The first-order chi connectivity index (χ1) is 14.1. The molecule has 2 aromatic rings. The third-order valence-corrected chi connectivity index (χ3v) is 7.03. The zero-order valence-electron chi connectivity index (χ0n) is 16.2. The lowest BCUT2D eigenvalue weighted by atomic mass is 9.71. The second-order valence-corrected chi connectivity index (χ2v) is 8.67. The number of ether oxygens (including phenoxy) is 1. The van der Waals surface area contributed by atoms with Gasteiger partial charge in [0.15, 0.2) is 0 Å². The van der Waals surface area contributed by atoms with Crippen molar-refractivity contribution in [2.24, 2.45) is 17.8 Å². The molecule has 150 valence electrons. The third-order valence-electron chi connectivity index (χ3n) is 7.03. The zero-order chi connectivity index (χ0) is 20.0. The first kappa shape index (κ1) is 18.2. The summed E-state index contributed by atoms with van der Waals surface area (Å²) in [6.45, 7) is 0.322. The number of carboxylic acids is 1. The number of amides is 1. The molecule has 0 saturated heterocycles. The molecule has 4 unspecified atom stereocenters. The molecule has 29 heavy (non-hydrogen) atoms. The molecule has 4 atom stereocenters. The molecule has 0 spiro atoms. The number of carbonyl (C=O) groups excluding carboxylic acids is 1. The van der Waals surface area contributed by atoms with Crippen molar-refractivity contribution in [3.05, 3.63) is 59.7 Å². The van der Waals surface area contributed by atoms with E-state index in [9.17, 15) is 9.59 Å². The van der Waals surface area contributed by atoms with Crippen molar-refractivity contribution in [3.8, 4) is 11.1 Å². The van der Waals surface area contributed by atoms with Crippen molar-refractivity contribution < 1.29 is 19.4 Å². The van der Waals surface area contributed by atoms with Crippen LogP contribution < -0.4 is 5.32 Å². The zero-order valence-corrected chi connectivity index (χ0v) is 16.2. The summed E-state index contributed by atoms with van der Waals surface area (Å²) < 4.78 is 5.64. The maximum atomic E-state index is 12.4. The van der Waals surface area contributed by atoms with Gasteiger partial charge in [-0.05, 0) is 59.3 Å². The maximum absolute atomic E-state index is 12.4. The lowest BCUT2D eigenvalue weighted by Gasteiger charge is -2.40. The van der Waals surface area contributed by atoms with Gasteiger partial charge in [-0.25, -0.2) is 4.79 Å². The van der Waals surface area contributed by atoms with Gasteiger partial charge < -0.3 is 15.2 Å². The predicted octanol–water partition coefficient (Wildman–Crippen LogP) is 4.41. The van der Waals surface area contributed by atoms with E-state index in [2.05, 4.69) is 29.6 Å². The Labute approximate surface area is 170 Å². The molecule has 2 saturated carbocycles. The lowest BCUT2D eigenvalue weighted by Crippen LogP contribution is -2.50. The quantitative estimate of drug-likeness (QED) is 0.791. The topological polar surface area (TPSA) is 75.6 Å². The van der Waals surface area contributed by atoms with Crippen molar-refractivity contribution in [3.63, 3.8) is 0 Å². The van der Waals surface area contributed by atoms with E-state index in [1.54, 1.807) is 0 Å². The van der Waals surface area contributed by atoms with E-state index in [4.69, 9.17) is 9.84 Å². The first-order valence-electron chi connectivity index (χ1n) is 10.4. The fourth-order valence-electron chi connectivity index (χ4n) is 5.72. The van der Waals surface area contributed by atoms with Crippen LogP contribution in [0.2, 0.25) is 0 Å². The molecule has 2 N–H and O–H groups in total. The Balaban J connectivity index is 1.19. The predicted molar refractivity (Wildman–Crippen MR) is 109 cm³/mol. The average molecular weight is 391 g/mol. The van der Waals surface area contributed by atoms with Gasteiger partial charge in [-0.2, -0.15) is 0 Å². The molecule has 3 aliphatic carbocycles. The Kier molecular flexibility index (Phi) is 4.53. The van der Waals surface area contributed by atoms with Gasteiger partial charge in [0.25, 0.3) is 0 Å². The molecule has 0 bridgehead atoms. The highest BCUT2D eigenvalue weighted by molar-refractivity contribution is 5.79. The fraction of sp³-hybridized carbons (Fsp3) is 0.417. The number of rotatable bonds is 5. The SMILES string of the molecule is O=C(O)CC1CC2CC(NC(=O)OCC3c4ccccc4-c4ccccc43)C2C1. The van der Waals surface area contributed by atoms with Crippen LogP contribution in [0.25, 0.3) is 11.1 Å². The Bertz CT molecular complexity index is 910. The van der Waals surface area contributed by atoms with Gasteiger partial charge in [0, 0.05) is 18.4 Å². The molecule has 5 nitrogen and oxygen atoms in total. The number of carboxylic acid groups (broad SMARTS) is 1. The van der Waals surface area contributed by atoms with E-state index in [1.165, 1.54) is 22.3 Å². The van der Waals surface area contributed by atoms with E-state index in [0.29, 0.717) is 18.4 Å². The van der Waals surface area contributed by atoms with Gasteiger partial charge in [0.05, 0.1) is 0 Å². The summed E-state index contributed by atoms with van der Waals surface area (Å²) in [6.07, 6.45) is 2.68. The van der Waals surface area contributed by atoms with Gasteiger partial charge in [-0.1, -0.05) is 48.5 Å². The summed E-state index contributed by atoms with van der Waals surface area (Å²) in [5.74, 6) is 0.543. The maximum Gasteiger partial charge on any atom is 0.407 e. The minimum Gasteiger partial charge on any atom is -0.481 e. The number of hydrogen-bond acceptors (Lipinski definition) is 3. The van der Waals surface area contributed by atoms with Crippen molar-refractivity contribution >= 4 is 12.1 Å². The van der Waals surface area contributed by atoms with E-state index >= 15 is 0 Å². The highest BCUT2D eigenvalue weighted by Gasteiger charge is 2.48. The van der Waals surface area contributed by atoms with Crippen LogP contribution in [0.4, 0.5) is 4.79 Å². The van der Waals surface area contributed by atoms with Crippen LogP contribution in [0.1, 0.15) is 42.7 Å². The van der Waals surface area contributed by atoms with Crippen LogP contribution in [-0.2, 0) is 9.53 Å². The molecule has 0 radical (unpaired) electrons. The van der Waals surface area contributed by atoms with E-state index in [0.717, 1.165) is 19.3 Å². The summed E-state index contributed by atoms with van der Waals surface area (Å²) in [5, 5.41) is 12.0. The van der Waals surface area contributed by atoms with Crippen LogP contribution in [-0.4, -0.2) is 29.8 Å². The van der Waals surface area contributed by atoms with Crippen molar-refractivity contribution in [1.82, 2.24) is 5.32 Å².